The fourth-order valence-corrected chi connectivity index (χ4v) is 3.07. The van der Waals surface area contributed by atoms with Crippen LogP contribution in [0.15, 0.2) is 18.2 Å². The van der Waals surface area contributed by atoms with Crippen LogP contribution >= 0.6 is 0 Å². The molecule has 9 nitrogen and oxygen atoms in total. The summed E-state index contributed by atoms with van der Waals surface area (Å²) in [6.07, 6.45) is 0.546. The molecule has 0 aliphatic rings. The lowest BCUT2D eigenvalue weighted by atomic mass is 9.86. The zero-order valence-electron chi connectivity index (χ0n) is 20.0. The van der Waals surface area contributed by atoms with Crippen LogP contribution in [0.2, 0.25) is 0 Å². The highest BCUT2D eigenvalue weighted by Gasteiger charge is 2.37. The van der Waals surface area contributed by atoms with Crippen molar-refractivity contribution in [1.82, 2.24) is 0 Å². The molecule has 33 heavy (non-hydrogen) atoms. The largest absolute Gasteiger partial charge is 0.480 e. The lowest BCUT2D eigenvalue weighted by molar-refractivity contribution is -0.156. The van der Waals surface area contributed by atoms with Gasteiger partial charge in [0.05, 0.1) is 5.92 Å². The first kappa shape index (κ1) is 28.1. The molecule has 0 saturated carbocycles. The number of carbonyl (C=O) groups is 4. The number of esters is 3. The average Bonchev–Trinajstić information content (AvgIpc) is 2.69. The molecule has 1 aromatic rings. The van der Waals surface area contributed by atoms with Gasteiger partial charge in [0.2, 0.25) is 0 Å². The summed E-state index contributed by atoms with van der Waals surface area (Å²) in [7, 11) is 0. The summed E-state index contributed by atoms with van der Waals surface area (Å²) in [6.45, 7) is 8.59. The van der Waals surface area contributed by atoms with Crippen LogP contribution in [0.4, 0.5) is 0 Å². The number of nitrogens with two attached hydrogens (primary N) is 1. The Bertz CT molecular complexity index is 851. The SMILES string of the molecule is CCCC(=O)Oc1ccc(CC(N)(C[C@H](C)OC(=O)C(C)C)C(=O)O)cc1OC(=O)CCC. The fourth-order valence-electron chi connectivity index (χ4n) is 3.07. The predicted molar refractivity (Wildman–Crippen MR) is 121 cm³/mol. The van der Waals surface area contributed by atoms with E-state index in [4.69, 9.17) is 19.9 Å². The van der Waals surface area contributed by atoms with E-state index in [-0.39, 0.29) is 43.1 Å². The predicted octanol–water partition coefficient (Wildman–Crippen LogP) is 3.40. The van der Waals surface area contributed by atoms with Crippen LogP contribution in [0.1, 0.15) is 72.3 Å². The maximum absolute atomic E-state index is 12.1. The molecule has 1 aromatic carbocycles. The van der Waals surface area contributed by atoms with Gasteiger partial charge in [0.25, 0.3) is 0 Å². The number of hydrogen-bond donors (Lipinski definition) is 2. The van der Waals surface area contributed by atoms with Gasteiger partial charge < -0.3 is 25.1 Å². The van der Waals surface area contributed by atoms with Gasteiger partial charge in [-0.15, -0.1) is 0 Å². The monoisotopic (exact) mass is 465 g/mol. The Hall–Kier alpha value is -2.94. The van der Waals surface area contributed by atoms with E-state index in [9.17, 15) is 24.3 Å². The third kappa shape index (κ3) is 9.21. The van der Waals surface area contributed by atoms with Gasteiger partial charge in [0.1, 0.15) is 11.6 Å². The zero-order valence-corrected chi connectivity index (χ0v) is 20.0. The fraction of sp³-hybridized carbons (Fsp3) is 0.583. The Kier molecular flexibility index (Phi) is 11.0. The minimum atomic E-state index is -1.75. The van der Waals surface area contributed by atoms with Crippen LogP contribution in [0.5, 0.6) is 11.5 Å². The summed E-state index contributed by atoms with van der Waals surface area (Å²) in [5, 5.41) is 9.78. The maximum Gasteiger partial charge on any atom is 0.324 e. The van der Waals surface area contributed by atoms with Gasteiger partial charge in [-0.2, -0.15) is 0 Å². The summed E-state index contributed by atoms with van der Waals surface area (Å²) in [6, 6.07) is 4.44. The van der Waals surface area contributed by atoms with Crippen molar-refractivity contribution in [1.29, 1.82) is 0 Å². The lowest BCUT2D eigenvalue weighted by Gasteiger charge is -2.28. The molecule has 0 fully saturated rings. The third-order valence-electron chi connectivity index (χ3n) is 4.75. The number of carbonyl (C=O) groups excluding carboxylic acids is 3. The van der Waals surface area contributed by atoms with E-state index in [0.29, 0.717) is 18.4 Å². The first-order valence-corrected chi connectivity index (χ1v) is 11.2. The first-order chi connectivity index (χ1) is 15.4. The van der Waals surface area contributed by atoms with Crippen molar-refractivity contribution in [3.8, 4) is 11.5 Å². The summed E-state index contributed by atoms with van der Waals surface area (Å²) >= 11 is 0. The second-order valence-corrected chi connectivity index (χ2v) is 8.47. The molecule has 9 heteroatoms. The van der Waals surface area contributed by atoms with Gasteiger partial charge in [-0.25, -0.2) is 0 Å². The van der Waals surface area contributed by atoms with Crippen molar-refractivity contribution in [3.05, 3.63) is 23.8 Å². The Balaban J connectivity index is 3.16. The number of carboxylic acid groups (broad SMARTS) is 1. The van der Waals surface area contributed by atoms with Crippen molar-refractivity contribution >= 4 is 23.9 Å². The minimum absolute atomic E-state index is 0.0161. The Labute approximate surface area is 194 Å². The summed E-state index contributed by atoms with van der Waals surface area (Å²) in [4.78, 5) is 47.8. The number of benzene rings is 1. The molecule has 0 aliphatic heterocycles. The van der Waals surface area contributed by atoms with Gasteiger partial charge in [0, 0.05) is 25.7 Å². The smallest absolute Gasteiger partial charge is 0.324 e. The molecule has 184 valence electrons. The van der Waals surface area contributed by atoms with Crippen molar-refractivity contribution in [2.24, 2.45) is 11.7 Å². The van der Waals surface area contributed by atoms with E-state index in [1.54, 1.807) is 26.8 Å². The summed E-state index contributed by atoms with van der Waals surface area (Å²) in [5.74, 6) is -2.96. The molecule has 0 spiro atoms. The highest BCUT2D eigenvalue weighted by molar-refractivity contribution is 5.80. The molecule has 2 atom stereocenters. The Morgan fingerprint density at radius 1 is 0.970 bits per heavy atom. The minimum Gasteiger partial charge on any atom is -0.480 e. The van der Waals surface area contributed by atoms with Gasteiger partial charge >= 0.3 is 23.9 Å². The standard InChI is InChI=1S/C24H35NO8/c1-6-8-20(26)32-18-11-10-17(12-19(18)33-21(27)9-7-2)14-24(25,23(29)30)13-16(5)31-22(28)15(3)4/h10-12,15-16H,6-9,13-14,25H2,1-5H3,(H,29,30)/t16-,24?/m0/s1. The average molecular weight is 466 g/mol. The molecule has 1 rings (SSSR count). The van der Waals surface area contributed by atoms with Gasteiger partial charge in [0.15, 0.2) is 11.5 Å². The summed E-state index contributed by atoms with van der Waals surface area (Å²) in [5.41, 5.74) is 4.91. The maximum atomic E-state index is 12.1. The van der Waals surface area contributed by atoms with Crippen molar-refractivity contribution in [2.75, 3.05) is 0 Å². The number of rotatable bonds is 13. The van der Waals surface area contributed by atoms with Crippen molar-refractivity contribution < 1.29 is 38.5 Å². The van der Waals surface area contributed by atoms with Crippen LogP contribution in [0.25, 0.3) is 0 Å². The molecule has 0 aliphatic carbocycles. The quantitative estimate of drug-likeness (QED) is 0.331. The number of aliphatic carboxylic acids is 1. The van der Waals surface area contributed by atoms with E-state index in [2.05, 4.69) is 0 Å². The second-order valence-electron chi connectivity index (χ2n) is 8.47. The van der Waals surface area contributed by atoms with E-state index in [0.717, 1.165) is 0 Å². The van der Waals surface area contributed by atoms with Crippen LogP contribution in [0.3, 0.4) is 0 Å². The van der Waals surface area contributed by atoms with Gasteiger partial charge in [-0.05, 0) is 37.5 Å². The molecule has 0 heterocycles. The van der Waals surface area contributed by atoms with Gasteiger partial charge in [-0.1, -0.05) is 33.8 Å². The van der Waals surface area contributed by atoms with E-state index >= 15 is 0 Å². The van der Waals surface area contributed by atoms with E-state index < -0.39 is 35.5 Å². The normalized spacial score (nSPS) is 13.7. The topological polar surface area (TPSA) is 142 Å². The lowest BCUT2D eigenvalue weighted by Crippen LogP contribution is -2.52. The second kappa shape index (κ2) is 12.9. The van der Waals surface area contributed by atoms with Crippen LogP contribution in [-0.2, 0) is 30.3 Å². The van der Waals surface area contributed by atoms with Crippen LogP contribution < -0.4 is 15.2 Å². The molecule has 0 aromatic heterocycles. The van der Waals surface area contributed by atoms with Crippen LogP contribution in [0, 0.1) is 5.92 Å². The molecule has 1 unspecified atom stereocenters. The molecule has 0 radical (unpaired) electrons. The highest BCUT2D eigenvalue weighted by Crippen LogP contribution is 2.31. The molecule has 3 N–H and O–H groups in total. The Morgan fingerprint density at radius 3 is 2.00 bits per heavy atom. The number of hydrogen-bond acceptors (Lipinski definition) is 8. The van der Waals surface area contributed by atoms with Crippen molar-refractivity contribution in [3.63, 3.8) is 0 Å². The van der Waals surface area contributed by atoms with E-state index in [1.165, 1.54) is 12.1 Å². The van der Waals surface area contributed by atoms with E-state index in [1.807, 2.05) is 13.8 Å². The van der Waals surface area contributed by atoms with Crippen molar-refractivity contribution in [2.45, 2.75) is 84.8 Å². The Morgan fingerprint density at radius 2 is 1.52 bits per heavy atom. The molecular formula is C24H35NO8. The molecule has 0 bridgehead atoms. The number of carboxylic acids is 1. The van der Waals surface area contributed by atoms with Gasteiger partial charge in [-0.3, -0.25) is 19.2 Å². The summed E-state index contributed by atoms with van der Waals surface area (Å²) < 4.78 is 15.9. The third-order valence-corrected chi connectivity index (χ3v) is 4.75. The number of ether oxygens (including phenoxy) is 3. The highest BCUT2D eigenvalue weighted by atomic mass is 16.6. The molecule has 0 amide bonds. The molecule has 0 saturated heterocycles. The first-order valence-electron chi connectivity index (χ1n) is 11.2. The van der Waals surface area contributed by atoms with Crippen LogP contribution in [-0.4, -0.2) is 40.6 Å². The molecular weight excluding hydrogens is 430 g/mol. The zero-order chi connectivity index (χ0) is 25.2.